The van der Waals surface area contributed by atoms with Gasteiger partial charge in [-0.3, -0.25) is 10.1 Å². The molecule has 0 spiro atoms. The third-order valence-corrected chi connectivity index (χ3v) is 3.44. The molecule has 1 amide bonds. The Morgan fingerprint density at radius 1 is 1.20 bits per heavy atom. The number of fused-ring (bicyclic) bond motifs is 1. The number of imidazole rings is 1. The molecule has 0 fully saturated rings. The lowest BCUT2D eigenvalue weighted by Gasteiger charge is -1.99. The summed E-state index contributed by atoms with van der Waals surface area (Å²) in [4.78, 5) is 30.3. The van der Waals surface area contributed by atoms with Gasteiger partial charge in [-0.2, -0.15) is 0 Å². The van der Waals surface area contributed by atoms with Crippen molar-refractivity contribution in [1.82, 2.24) is 9.97 Å². The number of anilines is 1. The fourth-order valence-electron chi connectivity index (χ4n) is 2.22. The highest BCUT2D eigenvalue weighted by atomic mass is 19.1. The molecule has 7 heteroatoms. The first-order valence-corrected chi connectivity index (χ1v) is 7.38. The number of rotatable bonds is 4. The number of halogens is 1. The van der Waals surface area contributed by atoms with Crippen molar-refractivity contribution in [3.63, 3.8) is 0 Å². The molecule has 0 unspecified atom stereocenters. The Morgan fingerprint density at radius 2 is 1.96 bits per heavy atom. The number of hydrogen-bond acceptors (Lipinski definition) is 4. The van der Waals surface area contributed by atoms with Gasteiger partial charge in [0.2, 0.25) is 5.95 Å². The number of ether oxygens (including phenoxy) is 1. The molecule has 3 aromatic rings. The molecule has 1 heterocycles. The minimum atomic E-state index is -0.422. The Balaban J connectivity index is 1.66. The fraction of sp³-hybridized carbons (Fsp3) is 0.0556. The maximum Gasteiger partial charge on any atom is 0.337 e. The predicted octanol–water partition coefficient (Wildman–Crippen LogP) is 3.14. The van der Waals surface area contributed by atoms with Gasteiger partial charge in [-0.25, -0.2) is 14.2 Å². The van der Waals surface area contributed by atoms with Gasteiger partial charge in [-0.1, -0.05) is 12.1 Å². The van der Waals surface area contributed by atoms with E-state index in [0.29, 0.717) is 16.6 Å². The van der Waals surface area contributed by atoms with E-state index in [1.165, 1.54) is 31.4 Å². The van der Waals surface area contributed by atoms with E-state index in [4.69, 9.17) is 0 Å². The van der Waals surface area contributed by atoms with Crippen LogP contribution in [-0.2, 0) is 9.53 Å². The smallest absolute Gasteiger partial charge is 0.337 e. The Morgan fingerprint density at radius 3 is 2.68 bits per heavy atom. The molecule has 25 heavy (non-hydrogen) atoms. The fourth-order valence-corrected chi connectivity index (χ4v) is 2.22. The minimum Gasteiger partial charge on any atom is -0.465 e. The van der Waals surface area contributed by atoms with E-state index in [1.54, 1.807) is 30.3 Å². The average Bonchev–Trinajstić information content (AvgIpc) is 3.01. The molecular formula is C18H14FN3O3. The van der Waals surface area contributed by atoms with Crippen molar-refractivity contribution < 1.29 is 18.7 Å². The molecule has 0 radical (unpaired) electrons. The van der Waals surface area contributed by atoms with E-state index in [2.05, 4.69) is 20.0 Å². The standard InChI is InChI=1S/C18H14FN3O3/c1-25-17(24)12-5-2-11(3-6-12)4-9-16(23)22-18-20-14-8-7-13(19)10-15(14)21-18/h2-10H,1H3,(H2,20,21,22,23). The van der Waals surface area contributed by atoms with Gasteiger partial charge in [0.15, 0.2) is 0 Å². The van der Waals surface area contributed by atoms with Crippen molar-refractivity contribution in [3.05, 3.63) is 65.5 Å². The van der Waals surface area contributed by atoms with Gasteiger partial charge in [0.05, 0.1) is 23.7 Å². The summed E-state index contributed by atoms with van der Waals surface area (Å²) in [5.41, 5.74) is 2.23. The van der Waals surface area contributed by atoms with Crippen LogP contribution in [0.15, 0.2) is 48.5 Å². The molecular weight excluding hydrogens is 325 g/mol. The second-order valence-electron chi connectivity index (χ2n) is 5.18. The number of aromatic nitrogens is 2. The Hall–Kier alpha value is -3.48. The summed E-state index contributed by atoms with van der Waals surface area (Å²) in [5, 5.41) is 2.57. The number of carbonyl (C=O) groups excluding carboxylic acids is 2. The number of amides is 1. The van der Waals surface area contributed by atoms with Crippen LogP contribution in [0.3, 0.4) is 0 Å². The summed E-state index contributed by atoms with van der Waals surface area (Å²) in [6, 6.07) is 10.7. The number of methoxy groups -OCH3 is 1. The lowest BCUT2D eigenvalue weighted by Crippen LogP contribution is -2.08. The number of nitrogens with one attached hydrogen (secondary N) is 2. The monoisotopic (exact) mass is 339 g/mol. The van der Waals surface area contributed by atoms with E-state index in [1.807, 2.05) is 0 Å². The number of carbonyl (C=O) groups is 2. The number of esters is 1. The van der Waals surface area contributed by atoms with Crippen LogP contribution < -0.4 is 5.32 Å². The van der Waals surface area contributed by atoms with Gasteiger partial charge >= 0.3 is 5.97 Å². The second kappa shape index (κ2) is 6.96. The first-order chi connectivity index (χ1) is 12.0. The number of hydrogen-bond donors (Lipinski definition) is 2. The quantitative estimate of drug-likeness (QED) is 0.565. The summed E-state index contributed by atoms with van der Waals surface area (Å²) in [5.74, 6) is -0.966. The topological polar surface area (TPSA) is 84.1 Å². The van der Waals surface area contributed by atoms with E-state index in [-0.39, 0.29) is 11.8 Å². The second-order valence-corrected chi connectivity index (χ2v) is 5.18. The van der Waals surface area contributed by atoms with E-state index < -0.39 is 11.9 Å². The largest absolute Gasteiger partial charge is 0.465 e. The van der Waals surface area contributed by atoms with Crippen molar-refractivity contribution >= 4 is 34.9 Å². The molecule has 0 aliphatic rings. The van der Waals surface area contributed by atoms with Crippen LogP contribution in [-0.4, -0.2) is 29.0 Å². The maximum atomic E-state index is 13.1. The third-order valence-electron chi connectivity index (χ3n) is 3.44. The third kappa shape index (κ3) is 3.89. The summed E-state index contributed by atoms with van der Waals surface area (Å²) in [7, 11) is 1.31. The molecule has 0 atom stereocenters. The number of aromatic amines is 1. The molecule has 3 rings (SSSR count). The van der Waals surface area contributed by atoms with Gasteiger partial charge in [0, 0.05) is 6.08 Å². The normalized spacial score (nSPS) is 11.0. The molecule has 6 nitrogen and oxygen atoms in total. The molecule has 126 valence electrons. The highest BCUT2D eigenvalue weighted by Crippen LogP contribution is 2.15. The first kappa shape index (κ1) is 16.4. The van der Waals surface area contributed by atoms with Crippen LogP contribution in [0.1, 0.15) is 15.9 Å². The van der Waals surface area contributed by atoms with Crippen LogP contribution >= 0.6 is 0 Å². The molecule has 1 aromatic heterocycles. The lowest BCUT2D eigenvalue weighted by molar-refractivity contribution is -0.111. The van der Waals surface area contributed by atoms with Crippen LogP contribution in [0.4, 0.5) is 10.3 Å². The predicted molar refractivity (Wildman–Crippen MR) is 91.5 cm³/mol. The van der Waals surface area contributed by atoms with Crippen LogP contribution in [0.2, 0.25) is 0 Å². The van der Waals surface area contributed by atoms with Crippen LogP contribution in [0.5, 0.6) is 0 Å². The molecule has 0 saturated heterocycles. The van der Waals surface area contributed by atoms with Gasteiger partial charge in [-0.05, 0) is 42.0 Å². The zero-order valence-electron chi connectivity index (χ0n) is 13.2. The van der Waals surface area contributed by atoms with Crippen molar-refractivity contribution in [1.29, 1.82) is 0 Å². The number of H-pyrrole nitrogens is 1. The average molecular weight is 339 g/mol. The SMILES string of the molecule is COC(=O)c1ccc(C=CC(=O)Nc2nc3ccc(F)cc3[nH]2)cc1. The molecule has 0 aliphatic heterocycles. The van der Waals surface area contributed by atoms with Crippen LogP contribution in [0.25, 0.3) is 17.1 Å². The van der Waals surface area contributed by atoms with Crippen molar-refractivity contribution in [2.24, 2.45) is 0 Å². The molecule has 0 bridgehead atoms. The molecule has 0 aliphatic carbocycles. The molecule has 0 saturated carbocycles. The summed E-state index contributed by atoms with van der Waals surface area (Å²) >= 11 is 0. The van der Waals surface area contributed by atoms with E-state index in [9.17, 15) is 14.0 Å². The van der Waals surface area contributed by atoms with Crippen molar-refractivity contribution in [2.75, 3.05) is 12.4 Å². The number of nitrogens with zero attached hydrogens (tertiary/aromatic N) is 1. The zero-order valence-corrected chi connectivity index (χ0v) is 13.2. The molecule has 2 aromatic carbocycles. The highest BCUT2D eigenvalue weighted by Gasteiger charge is 2.06. The first-order valence-electron chi connectivity index (χ1n) is 7.38. The van der Waals surface area contributed by atoms with Crippen molar-refractivity contribution in [2.45, 2.75) is 0 Å². The van der Waals surface area contributed by atoms with Gasteiger partial charge < -0.3 is 9.72 Å². The summed E-state index contributed by atoms with van der Waals surface area (Å²) in [6.45, 7) is 0. The minimum absolute atomic E-state index is 0.233. The zero-order chi connectivity index (χ0) is 17.8. The Kier molecular flexibility index (Phi) is 4.56. The summed E-state index contributed by atoms with van der Waals surface area (Å²) < 4.78 is 17.8. The van der Waals surface area contributed by atoms with Gasteiger partial charge in [0.1, 0.15) is 5.82 Å². The van der Waals surface area contributed by atoms with Gasteiger partial charge in [0.25, 0.3) is 5.91 Å². The Bertz CT molecular complexity index is 961. The van der Waals surface area contributed by atoms with Crippen molar-refractivity contribution in [3.8, 4) is 0 Å². The molecule has 2 N–H and O–H groups in total. The van der Waals surface area contributed by atoms with Gasteiger partial charge in [-0.15, -0.1) is 0 Å². The lowest BCUT2D eigenvalue weighted by atomic mass is 10.1. The highest BCUT2D eigenvalue weighted by molar-refractivity contribution is 6.01. The van der Waals surface area contributed by atoms with E-state index in [0.717, 1.165) is 5.56 Å². The Labute approximate surface area is 142 Å². The number of benzene rings is 2. The van der Waals surface area contributed by atoms with Crippen LogP contribution in [0, 0.1) is 5.82 Å². The summed E-state index contributed by atoms with van der Waals surface area (Å²) in [6.07, 6.45) is 2.93. The van der Waals surface area contributed by atoms with E-state index >= 15 is 0 Å². The maximum absolute atomic E-state index is 13.1.